The molecule has 0 unspecified atom stereocenters. The van der Waals surface area contributed by atoms with Crippen LogP contribution in [0.4, 0.5) is 5.69 Å². The zero-order valence-electron chi connectivity index (χ0n) is 14.1. The first-order valence-electron chi connectivity index (χ1n) is 7.68. The van der Waals surface area contributed by atoms with Crippen LogP contribution < -0.4 is 10.3 Å². The van der Waals surface area contributed by atoms with Gasteiger partial charge in [-0.05, 0) is 41.3 Å². The molecule has 0 bridgehead atoms. The largest absolute Gasteiger partial charge is 0.378 e. The Morgan fingerprint density at radius 3 is 2.17 bits per heavy atom. The number of anilines is 1. The molecular weight excluding hydrogens is 286 g/mol. The van der Waals surface area contributed by atoms with Gasteiger partial charge in [-0.15, -0.1) is 0 Å². The van der Waals surface area contributed by atoms with E-state index in [1.807, 2.05) is 67.5 Å². The molecule has 1 N–H and O–H groups in total. The van der Waals surface area contributed by atoms with Gasteiger partial charge in [0.15, 0.2) is 0 Å². The van der Waals surface area contributed by atoms with E-state index in [9.17, 15) is 4.79 Å². The van der Waals surface area contributed by atoms with E-state index < -0.39 is 0 Å². The molecule has 0 saturated heterocycles. The van der Waals surface area contributed by atoms with Crippen molar-refractivity contribution in [2.75, 3.05) is 19.0 Å². The number of carbonyl (C=O) groups excluding carboxylic acids is 1. The second-order valence-electron chi connectivity index (χ2n) is 5.96. The molecule has 0 aromatic heterocycles. The Morgan fingerprint density at radius 1 is 1.04 bits per heavy atom. The van der Waals surface area contributed by atoms with Gasteiger partial charge in [-0.2, -0.15) is 5.10 Å². The van der Waals surface area contributed by atoms with Gasteiger partial charge < -0.3 is 4.90 Å². The van der Waals surface area contributed by atoms with Crippen molar-refractivity contribution < 1.29 is 4.79 Å². The lowest BCUT2D eigenvalue weighted by Gasteiger charge is -2.11. The fourth-order valence-corrected chi connectivity index (χ4v) is 2.11. The number of nitrogens with zero attached hydrogens (tertiary/aromatic N) is 2. The molecule has 0 aliphatic heterocycles. The van der Waals surface area contributed by atoms with Crippen molar-refractivity contribution in [3.8, 4) is 0 Å². The summed E-state index contributed by atoms with van der Waals surface area (Å²) in [6, 6.07) is 15.5. The van der Waals surface area contributed by atoms with Gasteiger partial charge in [0.25, 0.3) is 5.91 Å². The second kappa shape index (κ2) is 7.58. The van der Waals surface area contributed by atoms with E-state index in [4.69, 9.17) is 0 Å². The number of hydrogen-bond acceptors (Lipinski definition) is 3. The maximum Gasteiger partial charge on any atom is 0.271 e. The summed E-state index contributed by atoms with van der Waals surface area (Å²) in [5.41, 5.74) is 6.43. The molecule has 0 atom stereocenters. The lowest BCUT2D eigenvalue weighted by atomic mass is 10.0. The van der Waals surface area contributed by atoms with Gasteiger partial charge in [0.1, 0.15) is 0 Å². The Labute approximate surface area is 137 Å². The molecule has 0 saturated carbocycles. The first-order valence-corrected chi connectivity index (χ1v) is 7.68. The van der Waals surface area contributed by atoms with Crippen molar-refractivity contribution in [2.24, 2.45) is 5.10 Å². The van der Waals surface area contributed by atoms with E-state index >= 15 is 0 Å². The molecule has 1 amide bonds. The summed E-state index contributed by atoms with van der Waals surface area (Å²) in [6.07, 6.45) is 1.64. The molecule has 0 aliphatic rings. The molecule has 0 spiro atoms. The molecule has 120 valence electrons. The van der Waals surface area contributed by atoms with E-state index in [2.05, 4.69) is 24.4 Å². The van der Waals surface area contributed by atoms with Crippen LogP contribution in [0.1, 0.15) is 41.3 Å². The molecule has 2 aromatic rings. The summed E-state index contributed by atoms with van der Waals surface area (Å²) in [5, 5.41) is 4.01. The summed E-state index contributed by atoms with van der Waals surface area (Å²) in [5.74, 6) is 0.247. The third kappa shape index (κ3) is 4.68. The van der Waals surface area contributed by atoms with Gasteiger partial charge in [-0.1, -0.05) is 38.1 Å². The lowest BCUT2D eigenvalue weighted by molar-refractivity contribution is 0.0955. The standard InChI is InChI=1S/C19H23N3O/c1-14(2)16-7-9-17(10-8-16)19(23)21-20-13-15-5-11-18(12-6-15)22(3)4/h5-14H,1-4H3,(H,21,23). The summed E-state index contributed by atoms with van der Waals surface area (Å²) in [7, 11) is 3.99. The van der Waals surface area contributed by atoms with Crippen LogP contribution in [0, 0.1) is 0 Å². The number of rotatable bonds is 5. The number of carbonyl (C=O) groups is 1. The SMILES string of the molecule is CC(C)c1ccc(C(=O)NN=Cc2ccc(N(C)C)cc2)cc1. The maximum absolute atomic E-state index is 12.0. The van der Waals surface area contributed by atoms with Crippen LogP contribution in [0.5, 0.6) is 0 Å². The fraction of sp³-hybridized carbons (Fsp3) is 0.263. The number of amides is 1. The predicted molar refractivity (Wildman–Crippen MR) is 96.4 cm³/mol. The topological polar surface area (TPSA) is 44.7 Å². The smallest absolute Gasteiger partial charge is 0.271 e. The van der Waals surface area contributed by atoms with Gasteiger partial charge in [0, 0.05) is 25.3 Å². The van der Waals surface area contributed by atoms with Gasteiger partial charge in [0.05, 0.1) is 6.21 Å². The number of hydrazone groups is 1. The van der Waals surface area contributed by atoms with Gasteiger partial charge in [-0.25, -0.2) is 5.43 Å². The van der Waals surface area contributed by atoms with Gasteiger partial charge in [0.2, 0.25) is 0 Å². The Bertz CT molecular complexity index is 671. The number of benzene rings is 2. The highest BCUT2D eigenvalue weighted by Gasteiger charge is 2.05. The van der Waals surface area contributed by atoms with Crippen LogP contribution >= 0.6 is 0 Å². The molecule has 23 heavy (non-hydrogen) atoms. The first-order chi connectivity index (χ1) is 11.0. The Kier molecular flexibility index (Phi) is 5.52. The van der Waals surface area contributed by atoms with E-state index in [1.54, 1.807) is 6.21 Å². The lowest BCUT2D eigenvalue weighted by Crippen LogP contribution is -2.17. The first kappa shape index (κ1) is 16.7. The minimum Gasteiger partial charge on any atom is -0.378 e. The highest BCUT2D eigenvalue weighted by atomic mass is 16.2. The fourth-order valence-electron chi connectivity index (χ4n) is 2.11. The van der Waals surface area contributed by atoms with Crippen molar-refractivity contribution >= 4 is 17.8 Å². The van der Waals surface area contributed by atoms with Crippen LogP contribution in [0.15, 0.2) is 53.6 Å². The van der Waals surface area contributed by atoms with E-state index in [1.165, 1.54) is 5.56 Å². The Morgan fingerprint density at radius 2 is 1.65 bits per heavy atom. The monoisotopic (exact) mass is 309 g/mol. The van der Waals surface area contributed by atoms with Gasteiger partial charge in [-0.3, -0.25) is 4.79 Å². The van der Waals surface area contributed by atoms with Crippen molar-refractivity contribution in [3.63, 3.8) is 0 Å². The zero-order chi connectivity index (χ0) is 16.8. The molecule has 4 nitrogen and oxygen atoms in total. The molecule has 0 fully saturated rings. The van der Waals surface area contributed by atoms with Crippen molar-refractivity contribution in [3.05, 3.63) is 65.2 Å². The predicted octanol–water partition coefficient (Wildman–Crippen LogP) is 3.64. The van der Waals surface area contributed by atoms with E-state index in [0.29, 0.717) is 11.5 Å². The van der Waals surface area contributed by atoms with Crippen molar-refractivity contribution in [2.45, 2.75) is 19.8 Å². The second-order valence-corrected chi connectivity index (χ2v) is 5.96. The third-order valence-corrected chi connectivity index (χ3v) is 3.63. The average Bonchev–Trinajstić information content (AvgIpc) is 2.55. The molecular formula is C19H23N3O. The number of hydrogen-bond donors (Lipinski definition) is 1. The zero-order valence-corrected chi connectivity index (χ0v) is 14.1. The molecule has 0 aliphatic carbocycles. The van der Waals surface area contributed by atoms with E-state index in [-0.39, 0.29) is 5.91 Å². The highest BCUT2D eigenvalue weighted by molar-refractivity contribution is 5.94. The average molecular weight is 309 g/mol. The van der Waals surface area contributed by atoms with Crippen molar-refractivity contribution in [1.29, 1.82) is 0 Å². The molecule has 2 aromatic carbocycles. The summed E-state index contributed by atoms with van der Waals surface area (Å²) in [4.78, 5) is 14.1. The van der Waals surface area contributed by atoms with E-state index in [0.717, 1.165) is 11.3 Å². The molecule has 0 radical (unpaired) electrons. The van der Waals surface area contributed by atoms with Crippen LogP contribution in [-0.2, 0) is 0 Å². The molecule has 4 heteroatoms. The summed E-state index contributed by atoms with van der Waals surface area (Å²) < 4.78 is 0. The summed E-state index contributed by atoms with van der Waals surface area (Å²) in [6.45, 7) is 4.25. The Hall–Kier alpha value is -2.62. The summed E-state index contributed by atoms with van der Waals surface area (Å²) >= 11 is 0. The normalized spacial score (nSPS) is 11.0. The number of nitrogens with one attached hydrogen (secondary N) is 1. The van der Waals surface area contributed by atoms with Crippen LogP contribution in [-0.4, -0.2) is 26.2 Å². The molecule has 2 rings (SSSR count). The van der Waals surface area contributed by atoms with Crippen LogP contribution in [0.2, 0.25) is 0 Å². The van der Waals surface area contributed by atoms with Crippen LogP contribution in [0.3, 0.4) is 0 Å². The quantitative estimate of drug-likeness (QED) is 0.677. The van der Waals surface area contributed by atoms with Crippen LogP contribution in [0.25, 0.3) is 0 Å². The molecule has 0 heterocycles. The maximum atomic E-state index is 12.0. The Balaban J connectivity index is 1.95. The third-order valence-electron chi connectivity index (χ3n) is 3.63. The minimum atomic E-state index is -0.207. The van der Waals surface area contributed by atoms with Crippen molar-refractivity contribution in [1.82, 2.24) is 5.43 Å². The van der Waals surface area contributed by atoms with Gasteiger partial charge >= 0.3 is 0 Å². The highest BCUT2D eigenvalue weighted by Crippen LogP contribution is 2.14. The minimum absolute atomic E-state index is 0.207.